The third kappa shape index (κ3) is 4.06. The molecule has 7 heteroatoms. The molecule has 1 unspecified atom stereocenters. The number of ether oxygens (including phenoxy) is 1. The van der Waals surface area contributed by atoms with Gasteiger partial charge >= 0.3 is 0 Å². The normalized spacial score (nSPS) is 21.9. The number of carbonyl (C=O) groups excluding carboxylic acids is 2. The Hall–Kier alpha value is -1.63. The van der Waals surface area contributed by atoms with Gasteiger partial charge < -0.3 is 19.9 Å². The van der Waals surface area contributed by atoms with Crippen molar-refractivity contribution in [3.05, 3.63) is 34.9 Å². The minimum absolute atomic E-state index is 0.00347. The van der Waals surface area contributed by atoms with Gasteiger partial charge in [0.1, 0.15) is 0 Å². The number of hydrogen-bond donors (Lipinski definition) is 1. The number of morpholine rings is 1. The smallest absolute Gasteiger partial charge is 0.240 e. The fraction of sp³-hybridized carbons (Fsp3) is 0.529. The molecule has 2 fully saturated rings. The zero-order valence-corrected chi connectivity index (χ0v) is 14.3. The van der Waals surface area contributed by atoms with Crippen LogP contribution in [0.15, 0.2) is 24.3 Å². The number of piperazine rings is 1. The van der Waals surface area contributed by atoms with Crippen molar-refractivity contribution in [2.45, 2.75) is 19.0 Å². The molecule has 2 aliphatic heterocycles. The van der Waals surface area contributed by atoms with E-state index in [0.29, 0.717) is 51.0 Å². The predicted octanol–water partition coefficient (Wildman–Crippen LogP) is 0.889. The average Bonchev–Trinajstić information content (AvgIpc) is 2.61. The van der Waals surface area contributed by atoms with Crippen LogP contribution in [0, 0.1) is 0 Å². The average molecular weight is 352 g/mol. The van der Waals surface area contributed by atoms with Crippen molar-refractivity contribution in [1.82, 2.24) is 15.1 Å². The van der Waals surface area contributed by atoms with Crippen LogP contribution < -0.4 is 5.32 Å². The Kier molecular flexibility index (Phi) is 5.71. The highest BCUT2D eigenvalue weighted by Gasteiger charge is 2.32. The summed E-state index contributed by atoms with van der Waals surface area (Å²) in [7, 11) is 0. The van der Waals surface area contributed by atoms with Crippen LogP contribution in [0.2, 0.25) is 5.02 Å². The van der Waals surface area contributed by atoms with Gasteiger partial charge in [0.05, 0.1) is 25.7 Å². The van der Waals surface area contributed by atoms with Crippen molar-refractivity contribution in [2.75, 3.05) is 39.4 Å². The lowest BCUT2D eigenvalue weighted by Crippen LogP contribution is -2.56. The summed E-state index contributed by atoms with van der Waals surface area (Å²) in [4.78, 5) is 28.6. The second kappa shape index (κ2) is 7.96. The van der Waals surface area contributed by atoms with Crippen LogP contribution in [-0.4, -0.2) is 67.0 Å². The molecule has 2 amide bonds. The van der Waals surface area contributed by atoms with E-state index in [9.17, 15) is 9.59 Å². The Bertz CT molecular complexity index is 604. The number of nitrogens with one attached hydrogen (secondary N) is 1. The molecule has 0 spiro atoms. The van der Waals surface area contributed by atoms with Crippen LogP contribution in [-0.2, 0) is 20.9 Å². The van der Waals surface area contributed by atoms with E-state index in [1.165, 1.54) is 0 Å². The molecule has 0 bridgehead atoms. The summed E-state index contributed by atoms with van der Waals surface area (Å²) in [6.07, 6.45) is 0.192. The van der Waals surface area contributed by atoms with E-state index in [-0.39, 0.29) is 18.2 Å². The van der Waals surface area contributed by atoms with Crippen LogP contribution in [0.25, 0.3) is 0 Å². The lowest BCUT2D eigenvalue weighted by molar-refractivity contribution is -0.143. The van der Waals surface area contributed by atoms with Gasteiger partial charge in [-0.25, -0.2) is 0 Å². The number of carbonyl (C=O) groups is 2. The van der Waals surface area contributed by atoms with Crippen LogP contribution >= 0.6 is 11.6 Å². The van der Waals surface area contributed by atoms with Crippen LogP contribution in [0.3, 0.4) is 0 Å². The molecule has 2 aliphatic rings. The standard InChI is InChI=1S/C17H22ClN3O3/c18-14-4-2-1-3-13(14)12-21-6-5-19-15(17(21)23)11-16(22)20-7-9-24-10-8-20/h1-4,15,19H,5-12H2. The number of benzene rings is 1. The molecule has 1 atom stereocenters. The number of hydrogen-bond acceptors (Lipinski definition) is 4. The monoisotopic (exact) mass is 351 g/mol. The van der Waals surface area contributed by atoms with Crippen molar-refractivity contribution in [3.8, 4) is 0 Å². The molecule has 0 aromatic heterocycles. The maximum Gasteiger partial charge on any atom is 0.240 e. The molecule has 1 aromatic rings. The van der Waals surface area contributed by atoms with Gasteiger partial charge in [-0.2, -0.15) is 0 Å². The van der Waals surface area contributed by atoms with Gasteiger partial charge in [0.25, 0.3) is 0 Å². The first-order valence-electron chi connectivity index (χ1n) is 8.26. The highest BCUT2D eigenvalue weighted by Crippen LogP contribution is 2.19. The fourth-order valence-corrected chi connectivity index (χ4v) is 3.25. The molecule has 2 heterocycles. The van der Waals surface area contributed by atoms with Crippen molar-refractivity contribution in [2.24, 2.45) is 0 Å². The highest BCUT2D eigenvalue weighted by atomic mass is 35.5. The van der Waals surface area contributed by atoms with E-state index in [0.717, 1.165) is 5.56 Å². The molecular formula is C17H22ClN3O3. The second-order valence-corrected chi connectivity index (χ2v) is 6.46. The molecule has 2 saturated heterocycles. The molecule has 1 N–H and O–H groups in total. The predicted molar refractivity (Wildman–Crippen MR) is 90.7 cm³/mol. The topological polar surface area (TPSA) is 61.9 Å². The number of rotatable bonds is 4. The lowest BCUT2D eigenvalue weighted by atomic mass is 10.1. The Morgan fingerprint density at radius 1 is 1.25 bits per heavy atom. The summed E-state index contributed by atoms with van der Waals surface area (Å²) in [5.74, 6) is -0.0356. The maximum absolute atomic E-state index is 12.7. The van der Waals surface area contributed by atoms with Gasteiger partial charge in [0.15, 0.2) is 0 Å². The molecule has 0 radical (unpaired) electrons. The molecule has 1 aromatic carbocycles. The summed E-state index contributed by atoms with van der Waals surface area (Å²) in [5, 5.41) is 3.82. The van der Waals surface area contributed by atoms with Gasteiger partial charge in [-0.1, -0.05) is 29.8 Å². The van der Waals surface area contributed by atoms with Crippen molar-refractivity contribution in [3.63, 3.8) is 0 Å². The van der Waals surface area contributed by atoms with Gasteiger partial charge in [0.2, 0.25) is 11.8 Å². The Morgan fingerprint density at radius 3 is 2.75 bits per heavy atom. The van der Waals surface area contributed by atoms with E-state index in [1.54, 1.807) is 9.80 Å². The fourth-order valence-electron chi connectivity index (χ4n) is 3.06. The van der Waals surface area contributed by atoms with Crippen molar-refractivity contribution in [1.29, 1.82) is 0 Å². The van der Waals surface area contributed by atoms with Gasteiger partial charge in [0, 0.05) is 37.7 Å². The van der Waals surface area contributed by atoms with Crippen molar-refractivity contribution < 1.29 is 14.3 Å². The highest BCUT2D eigenvalue weighted by molar-refractivity contribution is 6.31. The number of amides is 2. The van der Waals surface area contributed by atoms with Crippen LogP contribution in [0.5, 0.6) is 0 Å². The van der Waals surface area contributed by atoms with Crippen LogP contribution in [0.1, 0.15) is 12.0 Å². The number of halogens is 1. The van der Waals surface area contributed by atoms with E-state index < -0.39 is 6.04 Å². The SMILES string of the molecule is O=C(CC1NCCN(Cc2ccccc2Cl)C1=O)N1CCOCC1. The van der Waals surface area contributed by atoms with Gasteiger partial charge in [-0.05, 0) is 11.6 Å². The summed E-state index contributed by atoms with van der Waals surface area (Å²) >= 11 is 6.19. The Balaban J connectivity index is 1.60. The lowest BCUT2D eigenvalue weighted by Gasteiger charge is -2.34. The third-order valence-electron chi connectivity index (χ3n) is 4.44. The quantitative estimate of drug-likeness (QED) is 0.875. The van der Waals surface area contributed by atoms with E-state index in [4.69, 9.17) is 16.3 Å². The van der Waals surface area contributed by atoms with Gasteiger partial charge in [-0.15, -0.1) is 0 Å². The van der Waals surface area contributed by atoms with Crippen LogP contribution in [0.4, 0.5) is 0 Å². The zero-order chi connectivity index (χ0) is 16.9. The van der Waals surface area contributed by atoms with E-state index in [2.05, 4.69) is 5.32 Å². The minimum atomic E-state index is -0.461. The third-order valence-corrected chi connectivity index (χ3v) is 4.81. The van der Waals surface area contributed by atoms with E-state index >= 15 is 0 Å². The first-order chi connectivity index (χ1) is 11.6. The summed E-state index contributed by atoms with van der Waals surface area (Å²) in [6, 6.07) is 7.06. The first-order valence-corrected chi connectivity index (χ1v) is 8.64. The number of nitrogens with zero attached hydrogens (tertiary/aromatic N) is 2. The molecule has 24 heavy (non-hydrogen) atoms. The zero-order valence-electron chi connectivity index (χ0n) is 13.5. The molecular weight excluding hydrogens is 330 g/mol. The molecule has 130 valence electrons. The van der Waals surface area contributed by atoms with Gasteiger partial charge in [-0.3, -0.25) is 9.59 Å². The molecule has 0 saturated carbocycles. The molecule has 0 aliphatic carbocycles. The Labute approximate surface area is 146 Å². The minimum Gasteiger partial charge on any atom is -0.378 e. The summed E-state index contributed by atoms with van der Waals surface area (Å²) in [5.41, 5.74) is 0.924. The van der Waals surface area contributed by atoms with Crippen molar-refractivity contribution >= 4 is 23.4 Å². The molecule has 3 rings (SSSR count). The second-order valence-electron chi connectivity index (χ2n) is 6.06. The Morgan fingerprint density at radius 2 is 2.00 bits per heavy atom. The van der Waals surface area contributed by atoms with E-state index in [1.807, 2.05) is 24.3 Å². The summed E-state index contributed by atoms with van der Waals surface area (Å²) in [6.45, 7) is 4.10. The summed E-state index contributed by atoms with van der Waals surface area (Å²) < 4.78 is 5.26. The maximum atomic E-state index is 12.7. The first kappa shape index (κ1) is 17.2. The molecule has 6 nitrogen and oxygen atoms in total. The largest absolute Gasteiger partial charge is 0.378 e.